The van der Waals surface area contributed by atoms with Crippen molar-refractivity contribution in [1.29, 1.82) is 0 Å². The summed E-state index contributed by atoms with van der Waals surface area (Å²) in [5.41, 5.74) is 0.0725. The summed E-state index contributed by atoms with van der Waals surface area (Å²) in [5, 5.41) is 12.0. The molecular formula is C10H10FNO3. The molecule has 1 aliphatic heterocycles. The second-order valence-electron chi connectivity index (χ2n) is 3.37. The van der Waals surface area contributed by atoms with E-state index in [9.17, 15) is 14.3 Å². The first-order valence-electron chi connectivity index (χ1n) is 4.54. The van der Waals surface area contributed by atoms with Gasteiger partial charge in [0, 0.05) is 6.07 Å². The quantitative estimate of drug-likeness (QED) is 0.755. The van der Waals surface area contributed by atoms with E-state index in [-0.39, 0.29) is 17.4 Å². The highest BCUT2D eigenvalue weighted by Gasteiger charge is 2.22. The average molecular weight is 211 g/mol. The van der Waals surface area contributed by atoms with Crippen LogP contribution in [0.25, 0.3) is 0 Å². The van der Waals surface area contributed by atoms with Crippen LogP contribution in [0.15, 0.2) is 18.2 Å². The third kappa shape index (κ3) is 2.07. The van der Waals surface area contributed by atoms with Crippen molar-refractivity contribution in [2.24, 2.45) is 0 Å². The van der Waals surface area contributed by atoms with Crippen LogP contribution in [0.5, 0.6) is 5.75 Å². The predicted octanol–water partition coefficient (Wildman–Crippen LogP) is 0.660. The molecule has 0 atom stereocenters. The maximum atomic E-state index is 12.6. The molecule has 0 radical (unpaired) electrons. The second-order valence-corrected chi connectivity index (χ2v) is 3.37. The van der Waals surface area contributed by atoms with Gasteiger partial charge in [-0.25, -0.2) is 4.39 Å². The molecule has 0 spiro atoms. The first kappa shape index (κ1) is 9.92. The number of phenols is 1. The minimum absolute atomic E-state index is 0.0121. The first-order valence-corrected chi connectivity index (χ1v) is 4.54. The number of phenolic OH excluding ortho intramolecular Hbond substituents is 1. The van der Waals surface area contributed by atoms with Crippen LogP contribution in [0.3, 0.4) is 0 Å². The van der Waals surface area contributed by atoms with Crippen molar-refractivity contribution >= 4 is 5.91 Å². The molecule has 2 N–H and O–H groups in total. The number of benzene rings is 1. The predicted molar refractivity (Wildman–Crippen MR) is 50.1 cm³/mol. The molecular weight excluding hydrogens is 201 g/mol. The molecule has 5 heteroatoms. The molecule has 1 amide bonds. The van der Waals surface area contributed by atoms with Gasteiger partial charge < -0.3 is 15.2 Å². The summed E-state index contributed by atoms with van der Waals surface area (Å²) >= 11 is 0. The van der Waals surface area contributed by atoms with E-state index in [1.165, 1.54) is 6.07 Å². The molecule has 80 valence electrons. The summed E-state index contributed by atoms with van der Waals surface area (Å²) in [5.74, 6) is -1.34. The monoisotopic (exact) mass is 211 g/mol. The molecule has 0 unspecified atom stereocenters. The zero-order valence-electron chi connectivity index (χ0n) is 7.87. The van der Waals surface area contributed by atoms with Crippen molar-refractivity contribution in [3.05, 3.63) is 29.6 Å². The van der Waals surface area contributed by atoms with Gasteiger partial charge in [-0.1, -0.05) is 0 Å². The Bertz CT molecular complexity index is 390. The zero-order chi connectivity index (χ0) is 10.8. The normalized spacial score (nSPS) is 15.8. The van der Waals surface area contributed by atoms with Gasteiger partial charge in [0.25, 0.3) is 5.91 Å². The van der Waals surface area contributed by atoms with Crippen LogP contribution < -0.4 is 5.32 Å². The summed E-state index contributed by atoms with van der Waals surface area (Å²) in [6.07, 6.45) is 0. The van der Waals surface area contributed by atoms with Gasteiger partial charge in [-0.2, -0.15) is 0 Å². The number of ether oxygens (including phenoxy) is 1. The minimum atomic E-state index is -0.573. The van der Waals surface area contributed by atoms with Crippen molar-refractivity contribution in [3.8, 4) is 5.75 Å². The lowest BCUT2D eigenvalue weighted by Crippen LogP contribution is -2.48. The lowest BCUT2D eigenvalue weighted by atomic mass is 10.1. The summed E-state index contributed by atoms with van der Waals surface area (Å²) in [4.78, 5) is 11.5. The van der Waals surface area contributed by atoms with Crippen molar-refractivity contribution in [3.63, 3.8) is 0 Å². The fourth-order valence-electron chi connectivity index (χ4n) is 1.28. The smallest absolute Gasteiger partial charge is 0.255 e. The van der Waals surface area contributed by atoms with Crippen LogP contribution in [0.2, 0.25) is 0 Å². The van der Waals surface area contributed by atoms with E-state index in [0.717, 1.165) is 12.1 Å². The number of carbonyl (C=O) groups is 1. The summed E-state index contributed by atoms with van der Waals surface area (Å²) in [7, 11) is 0. The number of hydrogen-bond acceptors (Lipinski definition) is 3. The van der Waals surface area contributed by atoms with Crippen LogP contribution in [0.1, 0.15) is 10.4 Å². The number of aromatic hydroxyl groups is 1. The Morgan fingerprint density at radius 2 is 2.27 bits per heavy atom. The highest BCUT2D eigenvalue weighted by atomic mass is 19.1. The van der Waals surface area contributed by atoms with Crippen LogP contribution in [-0.4, -0.2) is 30.3 Å². The number of nitrogens with one attached hydrogen (secondary N) is 1. The van der Waals surface area contributed by atoms with E-state index in [1.807, 2.05) is 0 Å². The topological polar surface area (TPSA) is 58.6 Å². The lowest BCUT2D eigenvalue weighted by Gasteiger charge is -2.26. The summed E-state index contributed by atoms with van der Waals surface area (Å²) < 4.78 is 17.5. The van der Waals surface area contributed by atoms with Gasteiger partial charge in [0.05, 0.1) is 24.8 Å². The molecule has 2 rings (SSSR count). The molecule has 0 aromatic heterocycles. The largest absolute Gasteiger partial charge is 0.507 e. The van der Waals surface area contributed by atoms with Gasteiger partial charge in [-0.15, -0.1) is 0 Å². The van der Waals surface area contributed by atoms with Crippen molar-refractivity contribution in [2.45, 2.75) is 6.04 Å². The maximum Gasteiger partial charge on any atom is 0.255 e. The van der Waals surface area contributed by atoms with Gasteiger partial charge in [-0.3, -0.25) is 4.79 Å². The summed E-state index contributed by atoms with van der Waals surface area (Å²) in [6.45, 7) is 0.960. The van der Waals surface area contributed by atoms with Gasteiger partial charge in [-0.05, 0) is 12.1 Å². The molecule has 15 heavy (non-hydrogen) atoms. The highest BCUT2D eigenvalue weighted by molar-refractivity contribution is 5.97. The third-order valence-corrected chi connectivity index (χ3v) is 2.18. The van der Waals surface area contributed by atoms with E-state index in [1.54, 1.807) is 0 Å². The van der Waals surface area contributed by atoms with Crippen LogP contribution >= 0.6 is 0 Å². The van der Waals surface area contributed by atoms with Crippen LogP contribution in [-0.2, 0) is 4.74 Å². The molecule has 1 fully saturated rings. The zero-order valence-corrected chi connectivity index (χ0v) is 7.87. The Labute approximate surface area is 85.7 Å². The van der Waals surface area contributed by atoms with E-state index in [2.05, 4.69) is 5.32 Å². The maximum absolute atomic E-state index is 12.6. The number of hydrogen-bond donors (Lipinski definition) is 2. The van der Waals surface area contributed by atoms with Crippen LogP contribution in [0, 0.1) is 5.82 Å². The Balaban J connectivity index is 2.10. The highest BCUT2D eigenvalue weighted by Crippen LogP contribution is 2.18. The van der Waals surface area contributed by atoms with Gasteiger partial charge in [0.15, 0.2) is 0 Å². The molecule has 0 aliphatic carbocycles. The fraction of sp³-hybridized carbons (Fsp3) is 0.300. The van der Waals surface area contributed by atoms with Crippen molar-refractivity contribution in [2.75, 3.05) is 13.2 Å². The molecule has 1 aromatic rings. The van der Waals surface area contributed by atoms with Gasteiger partial charge >= 0.3 is 0 Å². The number of rotatable bonds is 2. The first-order chi connectivity index (χ1) is 7.16. The molecule has 1 heterocycles. The number of carbonyl (C=O) groups excluding carboxylic acids is 1. The van der Waals surface area contributed by atoms with E-state index >= 15 is 0 Å². The molecule has 1 aromatic carbocycles. The average Bonchev–Trinajstić information content (AvgIpc) is 2.11. The SMILES string of the molecule is O=C(NC1COC1)c1ccc(F)cc1O. The molecule has 1 saturated heterocycles. The number of halogens is 1. The Morgan fingerprint density at radius 3 is 2.80 bits per heavy atom. The van der Waals surface area contributed by atoms with Gasteiger partial charge in [0.2, 0.25) is 0 Å². The molecule has 1 aliphatic rings. The molecule has 4 nitrogen and oxygen atoms in total. The van der Waals surface area contributed by atoms with E-state index in [0.29, 0.717) is 13.2 Å². The Hall–Kier alpha value is -1.62. The number of amides is 1. The fourth-order valence-corrected chi connectivity index (χ4v) is 1.28. The third-order valence-electron chi connectivity index (χ3n) is 2.18. The standard InChI is InChI=1S/C10H10FNO3/c11-6-1-2-8(9(13)3-6)10(14)12-7-4-15-5-7/h1-3,7,13H,4-5H2,(H,12,14). The second kappa shape index (κ2) is 3.86. The molecule has 0 bridgehead atoms. The Morgan fingerprint density at radius 1 is 1.53 bits per heavy atom. The Kier molecular flexibility index (Phi) is 2.55. The van der Waals surface area contributed by atoms with Gasteiger partial charge in [0.1, 0.15) is 11.6 Å². The minimum Gasteiger partial charge on any atom is -0.507 e. The molecule has 0 saturated carbocycles. The van der Waals surface area contributed by atoms with E-state index in [4.69, 9.17) is 4.74 Å². The van der Waals surface area contributed by atoms with E-state index < -0.39 is 11.7 Å². The van der Waals surface area contributed by atoms with Crippen LogP contribution in [0.4, 0.5) is 4.39 Å². The summed E-state index contributed by atoms with van der Waals surface area (Å²) in [6, 6.07) is 3.28. The van der Waals surface area contributed by atoms with Crippen molar-refractivity contribution < 1.29 is 19.0 Å². The van der Waals surface area contributed by atoms with Crippen molar-refractivity contribution in [1.82, 2.24) is 5.32 Å². The lowest BCUT2D eigenvalue weighted by molar-refractivity contribution is -0.00350.